The quantitative estimate of drug-likeness (QED) is 0.849. The summed E-state index contributed by atoms with van der Waals surface area (Å²) in [6, 6.07) is 8.57. The number of aliphatic hydroxyl groups excluding tert-OH is 1. The number of benzene rings is 1. The summed E-state index contributed by atoms with van der Waals surface area (Å²) in [4.78, 5) is 2.21. The first-order valence-corrected chi connectivity index (χ1v) is 5.94. The van der Waals surface area contributed by atoms with Crippen molar-refractivity contribution in [3.05, 3.63) is 29.3 Å². The van der Waals surface area contributed by atoms with Gasteiger partial charge in [-0.3, -0.25) is 0 Å². The Hall–Kier alpha value is -1.53. The Kier molecular flexibility index (Phi) is 4.99. The van der Waals surface area contributed by atoms with E-state index in [0.29, 0.717) is 12.5 Å². The zero-order chi connectivity index (χ0) is 12.8. The van der Waals surface area contributed by atoms with Gasteiger partial charge in [0.15, 0.2) is 0 Å². The van der Waals surface area contributed by atoms with E-state index in [1.165, 1.54) is 0 Å². The van der Waals surface area contributed by atoms with Gasteiger partial charge in [-0.2, -0.15) is 5.26 Å². The molecule has 0 fully saturated rings. The van der Waals surface area contributed by atoms with E-state index in [0.717, 1.165) is 23.4 Å². The van der Waals surface area contributed by atoms with Crippen LogP contribution in [0.15, 0.2) is 18.2 Å². The highest BCUT2D eigenvalue weighted by Crippen LogP contribution is 2.21. The molecule has 0 aliphatic carbocycles. The lowest BCUT2D eigenvalue weighted by atomic mass is 10.1. The minimum Gasteiger partial charge on any atom is -0.392 e. The van der Waals surface area contributed by atoms with Crippen molar-refractivity contribution in [1.29, 1.82) is 5.26 Å². The Morgan fingerprint density at radius 3 is 2.59 bits per heavy atom. The second-order valence-corrected chi connectivity index (χ2v) is 4.46. The molecule has 0 spiro atoms. The molecule has 17 heavy (non-hydrogen) atoms. The van der Waals surface area contributed by atoms with Crippen LogP contribution in [0.1, 0.15) is 31.4 Å². The van der Waals surface area contributed by atoms with E-state index in [4.69, 9.17) is 10.4 Å². The van der Waals surface area contributed by atoms with Crippen LogP contribution < -0.4 is 4.90 Å². The van der Waals surface area contributed by atoms with Crippen molar-refractivity contribution in [1.82, 2.24) is 0 Å². The van der Waals surface area contributed by atoms with Gasteiger partial charge in [-0.1, -0.05) is 6.07 Å². The number of rotatable bonds is 5. The smallest absolute Gasteiger partial charge is 0.0684 e. The highest BCUT2D eigenvalue weighted by Gasteiger charge is 2.11. The molecule has 0 bridgehead atoms. The van der Waals surface area contributed by atoms with E-state index in [1.807, 2.05) is 19.1 Å². The first kappa shape index (κ1) is 13.5. The van der Waals surface area contributed by atoms with Gasteiger partial charge in [-0.25, -0.2) is 0 Å². The molecule has 0 heterocycles. The number of hydrogen-bond donors (Lipinski definition) is 1. The molecule has 0 aromatic heterocycles. The number of nitriles is 1. The molecule has 0 aliphatic heterocycles. The molecule has 0 unspecified atom stereocenters. The molecule has 0 saturated heterocycles. The van der Waals surface area contributed by atoms with E-state index in [1.54, 1.807) is 0 Å². The molecular weight excluding hydrogens is 212 g/mol. The molecule has 0 saturated carbocycles. The Bertz CT molecular complexity index is 407. The maximum atomic E-state index is 9.14. The first-order chi connectivity index (χ1) is 8.10. The maximum absolute atomic E-state index is 9.14. The van der Waals surface area contributed by atoms with Crippen LogP contribution in [-0.4, -0.2) is 17.7 Å². The highest BCUT2D eigenvalue weighted by atomic mass is 16.3. The number of anilines is 1. The average Bonchev–Trinajstić information content (AvgIpc) is 2.29. The number of nitrogens with zero attached hydrogens (tertiary/aromatic N) is 2. The van der Waals surface area contributed by atoms with Crippen LogP contribution in [0.5, 0.6) is 0 Å². The lowest BCUT2D eigenvalue weighted by Gasteiger charge is -2.28. The minimum atomic E-state index is 0.0754. The lowest BCUT2D eigenvalue weighted by molar-refractivity contribution is 0.281. The van der Waals surface area contributed by atoms with Gasteiger partial charge in [0.05, 0.1) is 19.1 Å². The second-order valence-electron chi connectivity index (χ2n) is 4.46. The van der Waals surface area contributed by atoms with Crippen molar-refractivity contribution >= 4 is 5.69 Å². The summed E-state index contributed by atoms with van der Waals surface area (Å²) in [6.07, 6.45) is 0.527. The number of aryl methyl sites for hydroxylation is 1. The molecule has 3 heteroatoms. The van der Waals surface area contributed by atoms with Gasteiger partial charge in [-0.15, -0.1) is 0 Å². The summed E-state index contributed by atoms with van der Waals surface area (Å²) in [5, 5.41) is 17.8. The van der Waals surface area contributed by atoms with Crippen LogP contribution in [0.3, 0.4) is 0 Å². The van der Waals surface area contributed by atoms with Gasteiger partial charge in [-0.05, 0) is 44.0 Å². The van der Waals surface area contributed by atoms with Gasteiger partial charge in [0, 0.05) is 18.3 Å². The Labute approximate surface area is 103 Å². The predicted molar refractivity (Wildman–Crippen MR) is 69.8 cm³/mol. The fourth-order valence-corrected chi connectivity index (χ4v) is 1.89. The van der Waals surface area contributed by atoms with Crippen LogP contribution in [0.4, 0.5) is 5.69 Å². The van der Waals surface area contributed by atoms with Crippen LogP contribution in [0, 0.1) is 18.3 Å². The largest absolute Gasteiger partial charge is 0.392 e. The van der Waals surface area contributed by atoms with E-state index in [9.17, 15) is 0 Å². The van der Waals surface area contributed by atoms with Crippen LogP contribution >= 0.6 is 0 Å². The fourth-order valence-electron chi connectivity index (χ4n) is 1.89. The third kappa shape index (κ3) is 3.47. The molecule has 0 radical (unpaired) electrons. The summed E-state index contributed by atoms with van der Waals surface area (Å²) in [6.45, 7) is 7.05. The highest BCUT2D eigenvalue weighted by molar-refractivity contribution is 5.51. The van der Waals surface area contributed by atoms with E-state index < -0.39 is 0 Å². The Balaban J connectivity index is 2.95. The third-order valence-electron chi connectivity index (χ3n) is 2.92. The minimum absolute atomic E-state index is 0.0754. The molecular formula is C14H20N2O. The molecule has 1 N–H and O–H groups in total. The molecule has 0 atom stereocenters. The van der Waals surface area contributed by atoms with Crippen molar-refractivity contribution < 1.29 is 5.11 Å². The Morgan fingerprint density at radius 2 is 2.12 bits per heavy atom. The molecule has 1 aromatic rings. The van der Waals surface area contributed by atoms with Crippen LogP contribution in [0.2, 0.25) is 0 Å². The molecule has 3 nitrogen and oxygen atoms in total. The zero-order valence-corrected chi connectivity index (χ0v) is 10.8. The maximum Gasteiger partial charge on any atom is 0.0684 e. The Morgan fingerprint density at radius 1 is 1.41 bits per heavy atom. The van der Waals surface area contributed by atoms with Gasteiger partial charge in [0.25, 0.3) is 0 Å². The average molecular weight is 232 g/mol. The van der Waals surface area contributed by atoms with E-state index in [-0.39, 0.29) is 6.61 Å². The lowest BCUT2D eigenvalue weighted by Crippen LogP contribution is -2.31. The first-order valence-electron chi connectivity index (χ1n) is 5.94. The molecule has 92 valence electrons. The standard InChI is InChI=1S/C14H20N2O/c1-11(2)16(8-4-7-15)14-6-5-13(10-17)12(3)9-14/h5-6,9,11,17H,4,8,10H2,1-3H3. The van der Waals surface area contributed by atoms with Gasteiger partial charge < -0.3 is 10.0 Å². The van der Waals surface area contributed by atoms with Gasteiger partial charge in [0.2, 0.25) is 0 Å². The zero-order valence-electron chi connectivity index (χ0n) is 10.8. The summed E-state index contributed by atoms with van der Waals surface area (Å²) in [5.74, 6) is 0. The molecule has 0 aliphatic rings. The monoisotopic (exact) mass is 232 g/mol. The summed E-state index contributed by atoms with van der Waals surface area (Å²) < 4.78 is 0. The topological polar surface area (TPSA) is 47.3 Å². The number of hydrogen-bond acceptors (Lipinski definition) is 3. The van der Waals surface area contributed by atoms with Crippen molar-refractivity contribution in [2.75, 3.05) is 11.4 Å². The number of aliphatic hydroxyl groups is 1. The predicted octanol–water partition coefficient (Wildman–Crippen LogP) is 2.62. The second kappa shape index (κ2) is 6.27. The van der Waals surface area contributed by atoms with E-state index >= 15 is 0 Å². The normalized spacial score (nSPS) is 10.4. The summed E-state index contributed by atoms with van der Waals surface area (Å²) in [7, 11) is 0. The summed E-state index contributed by atoms with van der Waals surface area (Å²) in [5.41, 5.74) is 3.16. The fraction of sp³-hybridized carbons (Fsp3) is 0.500. The summed E-state index contributed by atoms with van der Waals surface area (Å²) >= 11 is 0. The van der Waals surface area contributed by atoms with Crippen molar-refractivity contribution in [3.63, 3.8) is 0 Å². The molecule has 1 aromatic carbocycles. The third-order valence-corrected chi connectivity index (χ3v) is 2.92. The van der Waals surface area contributed by atoms with Crippen molar-refractivity contribution in [3.8, 4) is 6.07 Å². The van der Waals surface area contributed by atoms with Gasteiger partial charge in [0.1, 0.15) is 0 Å². The van der Waals surface area contributed by atoms with Crippen molar-refractivity contribution in [2.45, 2.75) is 39.8 Å². The van der Waals surface area contributed by atoms with Crippen molar-refractivity contribution in [2.24, 2.45) is 0 Å². The van der Waals surface area contributed by atoms with E-state index in [2.05, 4.69) is 30.9 Å². The molecule has 0 amide bonds. The van der Waals surface area contributed by atoms with Gasteiger partial charge >= 0.3 is 0 Å². The SMILES string of the molecule is Cc1cc(N(CCC#N)C(C)C)ccc1CO. The van der Waals surface area contributed by atoms with Crippen LogP contribution in [-0.2, 0) is 6.61 Å². The van der Waals surface area contributed by atoms with Crippen LogP contribution in [0.25, 0.3) is 0 Å². The molecule has 1 rings (SSSR count).